The van der Waals surface area contributed by atoms with Gasteiger partial charge in [0.05, 0.1) is 6.10 Å². The molecule has 0 aliphatic heterocycles. The molecule has 2 heteroatoms. The quantitative estimate of drug-likeness (QED) is 0.751. The van der Waals surface area contributed by atoms with E-state index in [9.17, 15) is 5.11 Å². The molecular weight excluding hydrogens is 186 g/mol. The zero-order valence-electron chi connectivity index (χ0n) is 10.1. The number of aliphatic hydroxyl groups is 1. The molecule has 2 N–H and O–H groups in total. The van der Waals surface area contributed by atoms with Crippen molar-refractivity contribution in [3.8, 4) is 0 Å². The van der Waals surface area contributed by atoms with E-state index in [4.69, 9.17) is 0 Å². The van der Waals surface area contributed by atoms with Crippen LogP contribution in [0.4, 0.5) is 0 Å². The van der Waals surface area contributed by atoms with Crippen LogP contribution in [-0.4, -0.2) is 23.8 Å². The summed E-state index contributed by atoms with van der Waals surface area (Å²) in [4.78, 5) is 0. The van der Waals surface area contributed by atoms with E-state index >= 15 is 0 Å². The average molecular weight is 211 g/mol. The Morgan fingerprint density at radius 2 is 2.07 bits per heavy atom. The van der Waals surface area contributed by atoms with Crippen molar-refractivity contribution in [1.29, 1.82) is 0 Å². The Morgan fingerprint density at radius 1 is 1.27 bits per heavy atom. The number of rotatable bonds is 3. The maximum Gasteiger partial charge on any atom is 0.0543 e. The Hall–Kier alpha value is -0.0800. The molecule has 0 spiro atoms. The molecular formula is C13H25NO. The van der Waals surface area contributed by atoms with E-state index in [1.54, 1.807) is 0 Å². The van der Waals surface area contributed by atoms with Gasteiger partial charge in [0.15, 0.2) is 0 Å². The van der Waals surface area contributed by atoms with Crippen LogP contribution in [-0.2, 0) is 0 Å². The fraction of sp³-hybridized carbons (Fsp3) is 1.00. The summed E-state index contributed by atoms with van der Waals surface area (Å²) in [5.74, 6) is 0.726. The van der Waals surface area contributed by atoms with Crippen LogP contribution < -0.4 is 5.32 Å². The highest BCUT2D eigenvalue weighted by Crippen LogP contribution is 2.37. The minimum absolute atomic E-state index is 0.0168. The maximum absolute atomic E-state index is 9.45. The van der Waals surface area contributed by atoms with Gasteiger partial charge in [0.25, 0.3) is 0 Å². The van der Waals surface area contributed by atoms with Crippen LogP contribution in [0.2, 0.25) is 0 Å². The topological polar surface area (TPSA) is 32.3 Å². The predicted molar refractivity (Wildman–Crippen MR) is 62.8 cm³/mol. The first-order valence-corrected chi connectivity index (χ1v) is 6.47. The molecule has 0 aromatic carbocycles. The minimum Gasteiger partial charge on any atom is -0.393 e. The number of hydrogen-bond acceptors (Lipinski definition) is 2. The van der Waals surface area contributed by atoms with E-state index in [1.165, 1.54) is 25.7 Å². The minimum atomic E-state index is -0.0168. The molecule has 2 rings (SSSR count). The molecule has 2 aliphatic rings. The third-order valence-corrected chi connectivity index (χ3v) is 4.18. The van der Waals surface area contributed by atoms with Crippen molar-refractivity contribution in [2.24, 2.45) is 11.3 Å². The van der Waals surface area contributed by atoms with Crippen molar-refractivity contribution in [2.45, 2.75) is 64.5 Å². The Labute approximate surface area is 93.5 Å². The van der Waals surface area contributed by atoms with Gasteiger partial charge in [-0.2, -0.15) is 0 Å². The van der Waals surface area contributed by atoms with Gasteiger partial charge in [-0.3, -0.25) is 0 Å². The first-order chi connectivity index (χ1) is 7.05. The third kappa shape index (κ3) is 3.18. The van der Waals surface area contributed by atoms with Gasteiger partial charge in [0.1, 0.15) is 0 Å². The smallest absolute Gasteiger partial charge is 0.0543 e. The first-order valence-electron chi connectivity index (χ1n) is 6.47. The Balaban J connectivity index is 1.66. The molecule has 0 bridgehead atoms. The zero-order valence-corrected chi connectivity index (χ0v) is 10.1. The maximum atomic E-state index is 9.45. The second-order valence-electron chi connectivity index (χ2n) is 6.35. The Kier molecular flexibility index (Phi) is 3.36. The van der Waals surface area contributed by atoms with E-state index in [2.05, 4.69) is 19.2 Å². The standard InChI is InChI=1S/C13H25NO/c1-13(2)6-5-11(8-13)14-9-10-3-4-12(15)7-10/h10-12,14-15H,3-9H2,1-2H3. The summed E-state index contributed by atoms with van der Waals surface area (Å²) in [6.07, 6.45) is 7.25. The Morgan fingerprint density at radius 3 is 2.60 bits per heavy atom. The first kappa shape index (κ1) is 11.4. The summed E-state index contributed by atoms with van der Waals surface area (Å²) in [6, 6.07) is 0.734. The lowest BCUT2D eigenvalue weighted by Crippen LogP contribution is -2.31. The fourth-order valence-electron chi connectivity index (χ4n) is 3.18. The van der Waals surface area contributed by atoms with Crippen LogP contribution in [0.3, 0.4) is 0 Å². The molecule has 0 radical (unpaired) electrons. The SMILES string of the molecule is CC1(C)CCC(NCC2CCC(O)C2)C1. The van der Waals surface area contributed by atoms with Gasteiger partial charge in [-0.1, -0.05) is 13.8 Å². The molecule has 88 valence electrons. The van der Waals surface area contributed by atoms with Crippen molar-refractivity contribution in [3.63, 3.8) is 0 Å². The van der Waals surface area contributed by atoms with E-state index in [0.29, 0.717) is 5.41 Å². The summed E-state index contributed by atoms with van der Waals surface area (Å²) in [5, 5.41) is 13.1. The summed E-state index contributed by atoms with van der Waals surface area (Å²) in [5.41, 5.74) is 0.548. The predicted octanol–water partition coefficient (Wildman–Crippen LogP) is 2.32. The van der Waals surface area contributed by atoms with Crippen LogP contribution in [0.25, 0.3) is 0 Å². The number of nitrogens with one attached hydrogen (secondary N) is 1. The second kappa shape index (κ2) is 4.42. The van der Waals surface area contributed by atoms with Gasteiger partial charge >= 0.3 is 0 Å². The fourth-order valence-corrected chi connectivity index (χ4v) is 3.18. The van der Waals surface area contributed by atoms with Crippen LogP contribution in [0.1, 0.15) is 52.4 Å². The largest absolute Gasteiger partial charge is 0.393 e. The normalized spacial score (nSPS) is 39.8. The molecule has 2 aliphatic carbocycles. The summed E-state index contributed by atoms with van der Waals surface area (Å²) < 4.78 is 0. The van der Waals surface area contributed by atoms with Gasteiger partial charge in [-0.05, 0) is 56.4 Å². The van der Waals surface area contributed by atoms with Gasteiger partial charge in [-0.15, -0.1) is 0 Å². The highest BCUT2D eigenvalue weighted by Gasteiger charge is 2.31. The molecule has 0 aromatic rings. The average Bonchev–Trinajstić information content (AvgIpc) is 2.69. The van der Waals surface area contributed by atoms with Gasteiger partial charge in [-0.25, -0.2) is 0 Å². The zero-order chi connectivity index (χ0) is 10.9. The van der Waals surface area contributed by atoms with Crippen molar-refractivity contribution in [1.82, 2.24) is 5.32 Å². The van der Waals surface area contributed by atoms with Crippen molar-refractivity contribution in [2.75, 3.05) is 6.54 Å². The van der Waals surface area contributed by atoms with E-state index in [1.807, 2.05) is 0 Å². The van der Waals surface area contributed by atoms with E-state index in [-0.39, 0.29) is 6.10 Å². The molecule has 15 heavy (non-hydrogen) atoms. The second-order valence-corrected chi connectivity index (χ2v) is 6.35. The lowest BCUT2D eigenvalue weighted by Gasteiger charge is -2.19. The molecule has 0 aromatic heterocycles. The van der Waals surface area contributed by atoms with Crippen LogP contribution in [0, 0.1) is 11.3 Å². The molecule has 0 saturated heterocycles. The van der Waals surface area contributed by atoms with Crippen molar-refractivity contribution < 1.29 is 5.11 Å². The van der Waals surface area contributed by atoms with E-state index < -0.39 is 0 Å². The number of aliphatic hydroxyl groups excluding tert-OH is 1. The molecule has 3 atom stereocenters. The van der Waals surface area contributed by atoms with Crippen molar-refractivity contribution in [3.05, 3.63) is 0 Å². The van der Waals surface area contributed by atoms with Crippen LogP contribution >= 0.6 is 0 Å². The van der Waals surface area contributed by atoms with Crippen LogP contribution in [0.5, 0.6) is 0 Å². The van der Waals surface area contributed by atoms with E-state index in [0.717, 1.165) is 31.3 Å². The van der Waals surface area contributed by atoms with Gasteiger partial charge in [0, 0.05) is 6.04 Å². The molecule has 2 saturated carbocycles. The highest BCUT2D eigenvalue weighted by molar-refractivity contribution is 4.87. The summed E-state index contributed by atoms with van der Waals surface area (Å²) in [6.45, 7) is 5.86. The molecule has 3 unspecified atom stereocenters. The summed E-state index contributed by atoms with van der Waals surface area (Å²) >= 11 is 0. The Bertz CT molecular complexity index is 215. The third-order valence-electron chi connectivity index (χ3n) is 4.18. The number of hydrogen-bond donors (Lipinski definition) is 2. The highest BCUT2D eigenvalue weighted by atomic mass is 16.3. The van der Waals surface area contributed by atoms with Crippen molar-refractivity contribution >= 4 is 0 Å². The van der Waals surface area contributed by atoms with Crippen LogP contribution in [0.15, 0.2) is 0 Å². The lowest BCUT2D eigenvalue weighted by atomic mass is 9.92. The summed E-state index contributed by atoms with van der Waals surface area (Å²) in [7, 11) is 0. The molecule has 2 nitrogen and oxygen atoms in total. The monoisotopic (exact) mass is 211 g/mol. The van der Waals surface area contributed by atoms with Gasteiger partial charge < -0.3 is 10.4 Å². The molecule has 0 heterocycles. The lowest BCUT2D eigenvalue weighted by molar-refractivity contribution is 0.177. The molecule has 0 amide bonds. The van der Waals surface area contributed by atoms with Gasteiger partial charge in [0.2, 0.25) is 0 Å². The molecule has 2 fully saturated rings.